The zero-order chi connectivity index (χ0) is 20.3. The summed E-state index contributed by atoms with van der Waals surface area (Å²) >= 11 is 3.87. The highest BCUT2D eigenvalue weighted by Gasteiger charge is 2.73. The lowest BCUT2D eigenvalue weighted by Crippen LogP contribution is -2.52. The van der Waals surface area contributed by atoms with E-state index in [0.717, 1.165) is 31.2 Å². The number of halogens is 1. The Morgan fingerprint density at radius 2 is 2.00 bits per heavy atom. The molecule has 1 spiro atoms. The van der Waals surface area contributed by atoms with Gasteiger partial charge in [0.25, 0.3) is 0 Å². The van der Waals surface area contributed by atoms with Crippen LogP contribution in [-0.2, 0) is 20.8 Å². The molecular formula is C24H33BrO4. The van der Waals surface area contributed by atoms with Crippen LogP contribution < -0.4 is 0 Å². The average Bonchev–Trinajstić information content (AvgIpc) is 3.39. The Balaban J connectivity index is 1.59. The molecule has 1 aromatic rings. The van der Waals surface area contributed by atoms with E-state index in [-0.39, 0.29) is 11.8 Å². The molecule has 1 saturated heterocycles. The van der Waals surface area contributed by atoms with Crippen molar-refractivity contribution in [3.63, 3.8) is 0 Å². The van der Waals surface area contributed by atoms with Crippen LogP contribution in [0.15, 0.2) is 42.5 Å². The van der Waals surface area contributed by atoms with E-state index < -0.39 is 17.5 Å². The fourth-order valence-electron chi connectivity index (χ4n) is 5.55. The van der Waals surface area contributed by atoms with E-state index in [1.165, 1.54) is 12.8 Å². The van der Waals surface area contributed by atoms with Gasteiger partial charge in [0.2, 0.25) is 0 Å². The molecule has 5 heteroatoms. The van der Waals surface area contributed by atoms with Crippen molar-refractivity contribution in [3.8, 4) is 0 Å². The second kappa shape index (κ2) is 9.19. The lowest BCUT2D eigenvalue weighted by Gasteiger charge is -2.40. The smallest absolute Gasteiger partial charge is 0.174 e. The Labute approximate surface area is 182 Å². The van der Waals surface area contributed by atoms with Crippen molar-refractivity contribution in [2.75, 3.05) is 13.2 Å². The Morgan fingerprint density at radius 3 is 2.72 bits per heavy atom. The van der Waals surface area contributed by atoms with Gasteiger partial charge < -0.3 is 19.3 Å². The predicted octanol–water partition coefficient (Wildman–Crippen LogP) is 4.99. The molecule has 5 atom stereocenters. The fourth-order valence-corrected chi connectivity index (χ4v) is 6.53. The van der Waals surface area contributed by atoms with Crippen molar-refractivity contribution in [1.29, 1.82) is 0 Å². The number of unbranched alkanes of at least 4 members (excludes halogenated alkanes) is 3. The Hall–Kier alpha value is -0.720. The first-order valence-corrected chi connectivity index (χ1v) is 12.0. The first-order valence-electron chi connectivity index (χ1n) is 11.1. The first kappa shape index (κ1) is 21.5. The van der Waals surface area contributed by atoms with E-state index in [1.807, 2.05) is 24.3 Å². The second-order valence-corrected chi connectivity index (χ2v) is 9.80. The molecule has 3 fully saturated rings. The molecular weight excluding hydrogens is 432 g/mol. The number of hydrogen-bond acceptors (Lipinski definition) is 4. The van der Waals surface area contributed by atoms with E-state index >= 15 is 0 Å². The monoisotopic (exact) mass is 464 g/mol. The largest absolute Gasteiger partial charge is 0.386 e. The summed E-state index contributed by atoms with van der Waals surface area (Å²) in [6, 6.07) is 10.2. The van der Waals surface area contributed by atoms with Gasteiger partial charge in [-0.3, -0.25) is 0 Å². The van der Waals surface area contributed by atoms with E-state index in [1.54, 1.807) is 0 Å². The summed E-state index contributed by atoms with van der Waals surface area (Å²) in [7, 11) is 0. The van der Waals surface area contributed by atoms with E-state index in [0.29, 0.717) is 24.6 Å². The standard InChI is InChI=1S/C24H33BrO4/c1-2-3-4-5-9-12-22(26)24(29-17-18-10-7-6-8-11-18)19-16-23(27-13-14-28-23)21(24)15-20(19)25/h6-12,19-22,26H,2-5,13-17H2,1H3/b12-9-/t19-,20+,21-,22+,24?/m0/s1. The summed E-state index contributed by atoms with van der Waals surface area (Å²) in [5.41, 5.74) is 0.418. The minimum absolute atomic E-state index is 0.00544. The van der Waals surface area contributed by atoms with Crippen LogP contribution in [0.1, 0.15) is 51.0 Å². The Kier molecular flexibility index (Phi) is 6.82. The van der Waals surface area contributed by atoms with Crippen LogP contribution in [0.4, 0.5) is 0 Å². The number of ether oxygens (including phenoxy) is 3. The molecule has 29 heavy (non-hydrogen) atoms. The van der Waals surface area contributed by atoms with Crippen LogP contribution in [0.5, 0.6) is 0 Å². The van der Waals surface area contributed by atoms with Gasteiger partial charge in [0.15, 0.2) is 5.79 Å². The maximum absolute atomic E-state index is 11.4. The molecule has 1 unspecified atom stereocenters. The van der Waals surface area contributed by atoms with Gasteiger partial charge in [-0.05, 0) is 24.8 Å². The van der Waals surface area contributed by atoms with Crippen LogP contribution in [0, 0.1) is 11.8 Å². The third-order valence-electron chi connectivity index (χ3n) is 6.92. The summed E-state index contributed by atoms with van der Waals surface area (Å²) in [4.78, 5) is 0.296. The van der Waals surface area contributed by atoms with Crippen LogP contribution >= 0.6 is 15.9 Å². The minimum atomic E-state index is -0.699. The molecule has 0 aromatic heterocycles. The average molecular weight is 465 g/mol. The van der Waals surface area contributed by atoms with E-state index in [2.05, 4.69) is 41.1 Å². The van der Waals surface area contributed by atoms with Crippen molar-refractivity contribution < 1.29 is 19.3 Å². The molecule has 0 radical (unpaired) electrons. The van der Waals surface area contributed by atoms with Gasteiger partial charge in [0, 0.05) is 23.1 Å². The highest BCUT2D eigenvalue weighted by molar-refractivity contribution is 9.09. The highest BCUT2D eigenvalue weighted by atomic mass is 79.9. The molecule has 1 heterocycles. The summed E-state index contributed by atoms with van der Waals surface area (Å²) in [6.07, 6.45) is 9.62. The quantitative estimate of drug-likeness (QED) is 0.317. The number of aliphatic hydroxyl groups is 1. The summed E-state index contributed by atoms with van der Waals surface area (Å²) < 4.78 is 19.0. The van der Waals surface area contributed by atoms with Crippen molar-refractivity contribution in [3.05, 3.63) is 48.0 Å². The number of hydrogen-bond donors (Lipinski definition) is 1. The van der Waals surface area contributed by atoms with Crippen LogP contribution in [0.3, 0.4) is 0 Å². The number of aliphatic hydroxyl groups excluding tert-OH is 1. The number of allylic oxidation sites excluding steroid dienone is 1. The lowest BCUT2D eigenvalue weighted by atomic mass is 9.83. The molecule has 4 rings (SSSR count). The van der Waals surface area contributed by atoms with Gasteiger partial charge >= 0.3 is 0 Å². The number of alkyl halides is 1. The first-order chi connectivity index (χ1) is 14.1. The van der Waals surface area contributed by atoms with E-state index in [4.69, 9.17) is 14.2 Å². The van der Waals surface area contributed by atoms with Crippen molar-refractivity contribution in [1.82, 2.24) is 0 Å². The molecule has 1 N–H and O–H groups in total. The maximum atomic E-state index is 11.4. The van der Waals surface area contributed by atoms with Crippen molar-refractivity contribution >= 4 is 15.9 Å². The fraction of sp³-hybridized carbons (Fsp3) is 0.667. The molecule has 1 aromatic carbocycles. The third kappa shape index (κ3) is 3.97. The van der Waals surface area contributed by atoms with Gasteiger partial charge in [0.05, 0.1) is 19.8 Å². The number of fused-ring (bicyclic) bond motifs is 3. The molecule has 160 valence electrons. The van der Waals surface area contributed by atoms with Crippen LogP contribution in [0.2, 0.25) is 0 Å². The van der Waals surface area contributed by atoms with E-state index in [9.17, 15) is 5.11 Å². The minimum Gasteiger partial charge on any atom is -0.386 e. The van der Waals surface area contributed by atoms with Gasteiger partial charge in [-0.15, -0.1) is 0 Å². The predicted molar refractivity (Wildman–Crippen MR) is 117 cm³/mol. The van der Waals surface area contributed by atoms with Crippen molar-refractivity contribution in [2.45, 2.75) is 74.4 Å². The molecule has 2 bridgehead atoms. The Bertz CT molecular complexity index is 687. The topological polar surface area (TPSA) is 47.9 Å². The molecule has 2 saturated carbocycles. The van der Waals surface area contributed by atoms with Crippen LogP contribution in [-0.4, -0.2) is 40.6 Å². The zero-order valence-corrected chi connectivity index (χ0v) is 18.9. The van der Waals surface area contributed by atoms with Gasteiger partial charge in [-0.25, -0.2) is 0 Å². The van der Waals surface area contributed by atoms with Crippen LogP contribution in [0.25, 0.3) is 0 Å². The second-order valence-electron chi connectivity index (χ2n) is 8.62. The van der Waals surface area contributed by atoms with Gasteiger partial charge in [0.1, 0.15) is 11.7 Å². The third-order valence-corrected chi connectivity index (χ3v) is 7.93. The maximum Gasteiger partial charge on any atom is 0.174 e. The zero-order valence-electron chi connectivity index (χ0n) is 17.3. The summed E-state index contributed by atoms with van der Waals surface area (Å²) in [5, 5.41) is 11.4. The molecule has 3 aliphatic rings. The summed E-state index contributed by atoms with van der Waals surface area (Å²) in [6.45, 7) is 3.92. The van der Waals surface area contributed by atoms with Gasteiger partial charge in [-0.2, -0.15) is 0 Å². The lowest BCUT2D eigenvalue weighted by molar-refractivity contribution is -0.224. The molecule has 2 aliphatic carbocycles. The van der Waals surface area contributed by atoms with Gasteiger partial charge in [-0.1, -0.05) is 78.2 Å². The summed E-state index contributed by atoms with van der Waals surface area (Å²) in [5.74, 6) is -0.460. The SMILES string of the molecule is CCCCC/C=C\[C@@H](O)C1(OCc2ccccc2)[C@H]2CC3(OCCO3)[C@@H]1C[C@H]2Br. The number of rotatable bonds is 9. The highest BCUT2D eigenvalue weighted by Crippen LogP contribution is 2.64. The molecule has 0 amide bonds. The Morgan fingerprint density at radius 1 is 1.24 bits per heavy atom. The molecule has 4 nitrogen and oxygen atoms in total. The molecule has 1 aliphatic heterocycles. The van der Waals surface area contributed by atoms with Crippen molar-refractivity contribution in [2.24, 2.45) is 11.8 Å². The number of benzene rings is 1. The normalized spacial score (nSPS) is 33.8.